The minimum absolute atomic E-state index is 0.191. The third-order valence-electron chi connectivity index (χ3n) is 3.49. The van der Waals surface area contributed by atoms with Crippen molar-refractivity contribution in [2.45, 2.75) is 32.5 Å². The minimum Gasteiger partial charge on any atom is -0.379 e. The van der Waals surface area contributed by atoms with Crippen molar-refractivity contribution < 1.29 is 17.9 Å². The lowest BCUT2D eigenvalue weighted by molar-refractivity contribution is -0.145. The molecule has 2 rings (SSSR count). The number of rotatable bonds is 4. The van der Waals surface area contributed by atoms with Crippen molar-refractivity contribution in [1.29, 1.82) is 0 Å². The molecule has 0 aromatic carbocycles. The molecule has 20 heavy (non-hydrogen) atoms. The van der Waals surface area contributed by atoms with Crippen molar-refractivity contribution in [2.75, 3.05) is 32.8 Å². The molecule has 7 heteroatoms. The van der Waals surface area contributed by atoms with Crippen LogP contribution < -0.4 is 0 Å². The topological polar surface area (TPSA) is 30.3 Å². The van der Waals surface area contributed by atoms with E-state index in [1.54, 1.807) is 13.8 Å². The summed E-state index contributed by atoms with van der Waals surface area (Å²) in [5.41, 5.74) is -0.347. The molecule has 0 amide bonds. The van der Waals surface area contributed by atoms with Gasteiger partial charge < -0.3 is 4.74 Å². The number of aromatic nitrogens is 2. The van der Waals surface area contributed by atoms with Gasteiger partial charge in [-0.2, -0.15) is 18.3 Å². The molecule has 0 atom stereocenters. The Kier molecular flexibility index (Phi) is 4.70. The summed E-state index contributed by atoms with van der Waals surface area (Å²) in [7, 11) is 0. The van der Waals surface area contributed by atoms with Gasteiger partial charge in [-0.3, -0.25) is 9.58 Å². The van der Waals surface area contributed by atoms with Crippen molar-refractivity contribution >= 4 is 0 Å². The first-order valence-electron chi connectivity index (χ1n) is 6.82. The molecular weight excluding hydrogens is 271 g/mol. The zero-order valence-corrected chi connectivity index (χ0v) is 11.8. The Hall–Kier alpha value is -1.08. The fourth-order valence-electron chi connectivity index (χ4n) is 2.36. The molecule has 1 saturated heterocycles. The smallest absolute Gasteiger partial charge is 0.379 e. The fourth-order valence-corrected chi connectivity index (χ4v) is 2.36. The lowest BCUT2D eigenvalue weighted by Crippen LogP contribution is -2.38. The summed E-state index contributed by atoms with van der Waals surface area (Å²) in [6, 6.07) is 0. The van der Waals surface area contributed by atoms with E-state index in [4.69, 9.17) is 4.74 Å². The normalized spacial score (nSPS) is 17.9. The number of hydrogen-bond acceptors (Lipinski definition) is 3. The van der Waals surface area contributed by atoms with Crippen LogP contribution in [0.25, 0.3) is 0 Å². The maximum Gasteiger partial charge on any atom is 0.433 e. The van der Waals surface area contributed by atoms with E-state index in [0.29, 0.717) is 19.8 Å². The largest absolute Gasteiger partial charge is 0.433 e. The van der Waals surface area contributed by atoms with Gasteiger partial charge in [-0.15, -0.1) is 0 Å². The SMILES string of the molecule is CC(C)c1cnn(CCN2CCOCC2)c1C(F)(F)F. The molecule has 2 heterocycles. The monoisotopic (exact) mass is 291 g/mol. The molecule has 114 valence electrons. The van der Waals surface area contributed by atoms with Crippen LogP contribution in [-0.2, 0) is 17.5 Å². The molecule has 1 aliphatic heterocycles. The predicted molar refractivity (Wildman–Crippen MR) is 68.6 cm³/mol. The number of halogens is 3. The Bertz CT molecular complexity index is 437. The van der Waals surface area contributed by atoms with E-state index in [-0.39, 0.29) is 18.0 Å². The van der Waals surface area contributed by atoms with Crippen molar-refractivity contribution in [1.82, 2.24) is 14.7 Å². The number of alkyl halides is 3. The zero-order valence-electron chi connectivity index (χ0n) is 11.8. The maximum absolute atomic E-state index is 13.2. The van der Waals surface area contributed by atoms with Gasteiger partial charge in [0.1, 0.15) is 5.69 Å². The third-order valence-corrected chi connectivity index (χ3v) is 3.49. The first-order valence-corrected chi connectivity index (χ1v) is 6.82. The van der Waals surface area contributed by atoms with Gasteiger partial charge in [0.05, 0.1) is 26.0 Å². The quantitative estimate of drug-likeness (QED) is 0.853. The highest BCUT2D eigenvalue weighted by atomic mass is 19.4. The van der Waals surface area contributed by atoms with Crippen molar-refractivity contribution in [3.05, 3.63) is 17.5 Å². The molecule has 0 N–H and O–H groups in total. The second-order valence-corrected chi connectivity index (χ2v) is 5.28. The predicted octanol–water partition coefficient (Wildman–Crippen LogP) is 2.36. The van der Waals surface area contributed by atoms with Crippen LogP contribution in [0.3, 0.4) is 0 Å². The van der Waals surface area contributed by atoms with Gasteiger partial charge in [0.25, 0.3) is 0 Å². The van der Waals surface area contributed by atoms with E-state index in [2.05, 4.69) is 10.00 Å². The third kappa shape index (κ3) is 3.52. The number of nitrogens with zero attached hydrogens (tertiary/aromatic N) is 3. The summed E-state index contributed by atoms with van der Waals surface area (Å²) >= 11 is 0. The van der Waals surface area contributed by atoms with E-state index >= 15 is 0 Å². The first-order chi connectivity index (χ1) is 9.39. The Morgan fingerprint density at radius 2 is 1.90 bits per heavy atom. The summed E-state index contributed by atoms with van der Waals surface area (Å²) in [5, 5.41) is 3.93. The Morgan fingerprint density at radius 3 is 2.45 bits per heavy atom. The second kappa shape index (κ2) is 6.13. The van der Waals surface area contributed by atoms with E-state index in [1.807, 2.05) is 0 Å². The summed E-state index contributed by atoms with van der Waals surface area (Å²) in [6.07, 6.45) is -3.02. The van der Waals surface area contributed by atoms with Gasteiger partial charge in [-0.05, 0) is 5.92 Å². The van der Waals surface area contributed by atoms with Gasteiger partial charge in [0.15, 0.2) is 0 Å². The van der Waals surface area contributed by atoms with Gasteiger partial charge in [0.2, 0.25) is 0 Å². The molecule has 0 spiro atoms. The fraction of sp³-hybridized carbons (Fsp3) is 0.769. The zero-order chi connectivity index (χ0) is 14.8. The van der Waals surface area contributed by atoms with Crippen molar-refractivity contribution in [3.8, 4) is 0 Å². The molecule has 1 aromatic heterocycles. The van der Waals surface area contributed by atoms with Crippen LogP contribution in [0, 0.1) is 0 Å². The lowest BCUT2D eigenvalue weighted by Gasteiger charge is -2.26. The molecular formula is C13H20F3N3O. The van der Waals surface area contributed by atoms with Gasteiger partial charge in [-0.25, -0.2) is 0 Å². The van der Waals surface area contributed by atoms with Gasteiger partial charge in [0, 0.05) is 25.2 Å². The van der Waals surface area contributed by atoms with E-state index in [1.165, 1.54) is 6.20 Å². The van der Waals surface area contributed by atoms with E-state index in [9.17, 15) is 13.2 Å². The van der Waals surface area contributed by atoms with Gasteiger partial charge in [-0.1, -0.05) is 13.8 Å². The molecule has 0 radical (unpaired) electrons. The molecule has 0 bridgehead atoms. The number of ether oxygens (including phenoxy) is 1. The maximum atomic E-state index is 13.2. The molecule has 0 unspecified atom stereocenters. The first kappa shape index (κ1) is 15.3. The molecule has 1 aromatic rings. The Morgan fingerprint density at radius 1 is 1.25 bits per heavy atom. The summed E-state index contributed by atoms with van der Waals surface area (Å²) in [4.78, 5) is 2.10. The highest BCUT2D eigenvalue weighted by molar-refractivity contribution is 5.24. The standard InChI is InChI=1S/C13H20F3N3O/c1-10(2)11-9-17-19(12(11)13(14,15)16)4-3-18-5-7-20-8-6-18/h9-10H,3-8H2,1-2H3. The summed E-state index contributed by atoms with van der Waals surface area (Å²) < 4.78 is 45.8. The van der Waals surface area contributed by atoms with E-state index in [0.717, 1.165) is 17.8 Å². The Labute approximate surface area is 116 Å². The van der Waals surface area contributed by atoms with Crippen LogP contribution in [-0.4, -0.2) is 47.5 Å². The van der Waals surface area contributed by atoms with Crippen LogP contribution in [0.5, 0.6) is 0 Å². The van der Waals surface area contributed by atoms with Gasteiger partial charge >= 0.3 is 6.18 Å². The lowest BCUT2D eigenvalue weighted by atomic mass is 10.0. The van der Waals surface area contributed by atoms with Crippen molar-refractivity contribution in [3.63, 3.8) is 0 Å². The molecule has 0 aliphatic carbocycles. The molecule has 1 fully saturated rings. The average molecular weight is 291 g/mol. The van der Waals surface area contributed by atoms with E-state index < -0.39 is 11.9 Å². The number of hydrogen-bond donors (Lipinski definition) is 0. The van der Waals surface area contributed by atoms with Crippen LogP contribution in [0.15, 0.2) is 6.20 Å². The summed E-state index contributed by atoms with van der Waals surface area (Å²) in [6.45, 7) is 7.12. The summed E-state index contributed by atoms with van der Waals surface area (Å²) in [5.74, 6) is -0.191. The van der Waals surface area contributed by atoms with Crippen LogP contribution in [0.4, 0.5) is 13.2 Å². The Balaban J connectivity index is 2.10. The average Bonchev–Trinajstić information content (AvgIpc) is 2.81. The van der Waals surface area contributed by atoms with Crippen LogP contribution in [0.1, 0.15) is 31.0 Å². The van der Waals surface area contributed by atoms with Crippen LogP contribution in [0.2, 0.25) is 0 Å². The second-order valence-electron chi connectivity index (χ2n) is 5.28. The molecule has 0 saturated carbocycles. The highest BCUT2D eigenvalue weighted by Gasteiger charge is 2.38. The minimum atomic E-state index is -4.36. The van der Waals surface area contributed by atoms with Crippen LogP contribution >= 0.6 is 0 Å². The van der Waals surface area contributed by atoms with Crippen molar-refractivity contribution in [2.24, 2.45) is 0 Å². The number of morpholine rings is 1. The molecule has 4 nitrogen and oxygen atoms in total. The highest BCUT2D eigenvalue weighted by Crippen LogP contribution is 2.35. The molecule has 1 aliphatic rings.